The van der Waals surface area contributed by atoms with Gasteiger partial charge in [-0.05, 0) is 18.4 Å². The maximum atomic E-state index is 11.1. The highest BCUT2D eigenvalue weighted by molar-refractivity contribution is 9.09. The Labute approximate surface area is 90.2 Å². The van der Waals surface area contributed by atoms with E-state index < -0.39 is 0 Å². The van der Waals surface area contributed by atoms with E-state index in [1.807, 2.05) is 30.5 Å². The fraction of sp³-hybridized carbons (Fsp3) is 0.222. The Morgan fingerprint density at radius 2 is 2.23 bits per heavy atom. The first kappa shape index (κ1) is 10.6. The van der Waals surface area contributed by atoms with Crippen LogP contribution in [0.5, 0.6) is 0 Å². The first-order valence-electron chi connectivity index (χ1n) is 3.76. The van der Waals surface area contributed by atoms with Crippen molar-refractivity contribution >= 4 is 39.3 Å². The van der Waals surface area contributed by atoms with E-state index in [4.69, 9.17) is 0 Å². The van der Waals surface area contributed by atoms with Crippen LogP contribution >= 0.6 is 27.7 Å². The van der Waals surface area contributed by atoms with Crippen molar-refractivity contribution in [3.63, 3.8) is 0 Å². The Morgan fingerprint density at radius 3 is 2.85 bits per heavy atom. The summed E-state index contributed by atoms with van der Waals surface area (Å²) >= 11 is 4.72. The molecule has 4 heteroatoms. The highest BCUT2D eigenvalue weighted by Crippen LogP contribution is 2.24. The van der Waals surface area contributed by atoms with Crippen molar-refractivity contribution < 1.29 is 4.79 Å². The van der Waals surface area contributed by atoms with E-state index in [1.165, 1.54) is 0 Å². The van der Waals surface area contributed by atoms with Crippen LogP contribution in [0, 0.1) is 0 Å². The number of alkyl halides is 1. The van der Waals surface area contributed by atoms with E-state index in [2.05, 4.69) is 21.2 Å². The molecule has 0 saturated carbocycles. The highest BCUT2D eigenvalue weighted by atomic mass is 79.9. The lowest BCUT2D eigenvalue weighted by molar-refractivity contribution is -0.113. The number of halogens is 1. The van der Waals surface area contributed by atoms with Gasteiger partial charge in [-0.1, -0.05) is 28.1 Å². The summed E-state index contributed by atoms with van der Waals surface area (Å²) in [4.78, 5) is 12.2. The number of amides is 1. The highest BCUT2D eigenvalue weighted by Gasteiger charge is 2.03. The van der Waals surface area contributed by atoms with Crippen molar-refractivity contribution in [3.05, 3.63) is 24.3 Å². The number of benzene rings is 1. The Morgan fingerprint density at radius 1 is 1.54 bits per heavy atom. The minimum atomic E-state index is -0.0264. The number of anilines is 1. The minimum absolute atomic E-state index is 0.0264. The molecule has 70 valence electrons. The van der Waals surface area contributed by atoms with Gasteiger partial charge in [0.05, 0.1) is 11.0 Å². The van der Waals surface area contributed by atoms with Crippen molar-refractivity contribution in [2.75, 3.05) is 16.9 Å². The zero-order valence-electron chi connectivity index (χ0n) is 7.21. The molecule has 0 unspecified atom stereocenters. The number of carbonyl (C=O) groups is 1. The molecule has 13 heavy (non-hydrogen) atoms. The normalized spacial score (nSPS) is 9.69. The van der Waals surface area contributed by atoms with Crippen LogP contribution in [0.25, 0.3) is 0 Å². The van der Waals surface area contributed by atoms with Gasteiger partial charge in [-0.15, -0.1) is 11.8 Å². The average molecular weight is 260 g/mol. The van der Waals surface area contributed by atoms with Gasteiger partial charge in [0.2, 0.25) is 5.91 Å². The lowest BCUT2D eigenvalue weighted by Gasteiger charge is -2.07. The third kappa shape index (κ3) is 3.04. The molecular formula is C9H10BrNOS. The van der Waals surface area contributed by atoms with Crippen LogP contribution in [0.15, 0.2) is 29.2 Å². The first-order chi connectivity index (χ1) is 6.27. The summed E-state index contributed by atoms with van der Waals surface area (Å²) in [6.07, 6.45) is 1.99. The molecule has 0 fully saturated rings. The van der Waals surface area contributed by atoms with Crippen molar-refractivity contribution in [1.82, 2.24) is 0 Å². The van der Waals surface area contributed by atoms with Crippen molar-refractivity contribution in [1.29, 1.82) is 0 Å². The molecule has 0 radical (unpaired) electrons. The zero-order valence-corrected chi connectivity index (χ0v) is 9.61. The third-order valence-electron chi connectivity index (χ3n) is 1.50. The molecule has 1 N–H and O–H groups in total. The summed E-state index contributed by atoms with van der Waals surface area (Å²) in [6.45, 7) is 0. The lowest BCUT2D eigenvalue weighted by atomic mass is 10.3. The second-order valence-corrected chi connectivity index (χ2v) is 3.79. The van der Waals surface area contributed by atoms with Crippen LogP contribution < -0.4 is 5.32 Å². The molecule has 0 saturated heterocycles. The number of thioether (sulfide) groups is 1. The average Bonchev–Trinajstić information content (AvgIpc) is 2.18. The number of nitrogens with one attached hydrogen (secondary N) is 1. The Bertz CT molecular complexity index is 303. The summed E-state index contributed by atoms with van der Waals surface area (Å²) in [5, 5.41) is 3.13. The molecule has 1 aromatic rings. The molecule has 1 amide bonds. The van der Waals surface area contributed by atoms with Crippen molar-refractivity contribution in [2.45, 2.75) is 4.90 Å². The molecule has 0 aliphatic carbocycles. The summed E-state index contributed by atoms with van der Waals surface area (Å²) in [6, 6.07) is 7.74. The Hall–Kier alpha value is -0.480. The van der Waals surface area contributed by atoms with Gasteiger partial charge in [-0.3, -0.25) is 4.79 Å². The molecule has 0 aromatic heterocycles. The predicted molar refractivity (Wildman–Crippen MR) is 60.6 cm³/mol. The maximum absolute atomic E-state index is 11.1. The molecule has 0 aliphatic heterocycles. The van der Waals surface area contributed by atoms with Gasteiger partial charge in [0, 0.05) is 4.90 Å². The van der Waals surface area contributed by atoms with Crippen LogP contribution in [0.3, 0.4) is 0 Å². The summed E-state index contributed by atoms with van der Waals surface area (Å²) in [5.74, 6) is -0.0264. The topological polar surface area (TPSA) is 29.1 Å². The third-order valence-corrected chi connectivity index (χ3v) is 2.81. The van der Waals surface area contributed by atoms with E-state index in [0.29, 0.717) is 5.33 Å². The smallest absolute Gasteiger partial charge is 0.235 e. The number of rotatable bonds is 3. The second-order valence-electron chi connectivity index (χ2n) is 2.38. The van der Waals surface area contributed by atoms with E-state index in [0.717, 1.165) is 10.6 Å². The van der Waals surface area contributed by atoms with Crippen LogP contribution in [-0.2, 0) is 4.79 Å². The van der Waals surface area contributed by atoms with Gasteiger partial charge in [0.15, 0.2) is 0 Å². The number of carbonyl (C=O) groups excluding carboxylic acids is 1. The van der Waals surface area contributed by atoms with Crippen molar-refractivity contribution in [3.8, 4) is 0 Å². The van der Waals surface area contributed by atoms with Crippen LogP contribution in [0.2, 0.25) is 0 Å². The number of hydrogen-bond donors (Lipinski definition) is 1. The number of hydrogen-bond acceptors (Lipinski definition) is 2. The molecular weight excluding hydrogens is 250 g/mol. The van der Waals surface area contributed by atoms with Gasteiger partial charge in [-0.2, -0.15) is 0 Å². The summed E-state index contributed by atoms with van der Waals surface area (Å²) in [7, 11) is 0. The van der Waals surface area contributed by atoms with Gasteiger partial charge >= 0.3 is 0 Å². The van der Waals surface area contributed by atoms with Crippen LogP contribution in [0.4, 0.5) is 5.69 Å². The standard InChI is InChI=1S/C9H10BrNOS/c1-13-8-5-3-2-4-7(8)11-9(12)6-10/h2-5H,6H2,1H3,(H,11,12). The summed E-state index contributed by atoms with van der Waals surface area (Å²) in [5.41, 5.74) is 0.874. The quantitative estimate of drug-likeness (QED) is 0.668. The largest absolute Gasteiger partial charge is 0.324 e. The monoisotopic (exact) mass is 259 g/mol. The van der Waals surface area contributed by atoms with Gasteiger partial charge < -0.3 is 5.32 Å². The van der Waals surface area contributed by atoms with Gasteiger partial charge in [-0.25, -0.2) is 0 Å². The lowest BCUT2D eigenvalue weighted by Crippen LogP contribution is -2.12. The van der Waals surface area contributed by atoms with Crippen LogP contribution in [0.1, 0.15) is 0 Å². The molecule has 0 atom stereocenters. The molecule has 1 aromatic carbocycles. The Balaban J connectivity index is 2.81. The molecule has 2 nitrogen and oxygen atoms in total. The fourth-order valence-corrected chi connectivity index (χ4v) is 1.63. The van der Waals surface area contributed by atoms with E-state index in [1.54, 1.807) is 11.8 Å². The fourth-order valence-electron chi connectivity index (χ4n) is 0.932. The van der Waals surface area contributed by atoms with Gasteiger partial charge in [0.25, 0.3) is 0 Å². The minimum Gasteiger partial charge on any atom is -0.324 e. The second kappa shape index (κ2) is 5.29. The maximum Gasteiger partial charge on any atom is 0.235 e. The number of para-hydroxylation sites is 1. The van der Waals surface area contributed by atoms with Crippen LogP contribution in [-0.4, -0.2) is 17.5 Å². The SMILES string of the molecule is CSc1ccccc1NC(=O)CBr. The molecule has 1 rings (SSSR count). The first-order valence-corrected chi connectivity index (χ1v) is 6.11. The zero-order chi connectivity index (χ0) is 9.68. The Kier molecular flexibility index (Phi) is 4.32. The van der Waals surface area contributed by atoms with Crippen molar-refractivity contribution in [2.24, 2.45) is 0 Å². The van der Waals surface area contributed by atoms with E-state index in [9.17, 15) is 4.79 Å². The molecule has 0 heterocycles. The molecule has 0 bridgehead atoms. The van der Waals surface area contributed by atoms with E-state index >= 15 is 0 Å². The molecule has 0 spiro atoms. The summed E-state index contributed by atoms with van der Waals surface area (Å²) < 4.78 is 0. The predicted octanol–water partition coefficient (Wildman–Crippen LogP) is 2.74. The van der Waals surface area contributed by atoms with E-state index in [-0.39, 0.29) is 5.91 Å². The van der Waals surface area contributed by atoms with Gasteiger partial charge in [0.1, 0.15) is 0 Å². The molecule has 0 aliphatic rings.